The minimum atomic E-state index is -2.94. The second-order valence-corrected chi connectivity index (χ2v) is 14.3. The lowest BCUT2D eigenvalue weighted by Gasteiger charge is -2.59. The van der Waals surface area contributed by atoms with Gasteiger partial charge in [0.2, 0.25) is 0 Å². The lowest BCUT2D eigenvalue weighted by atomic mass is 9.48. The fourth-order valence-electron chi connectivity index (χ4n) is 7.39. The van der Waals surface area contributed by atoms with Crippen molar-refractivity contribution in [2.75, 3.05) is 16.8 Å². The standard InChI is InChI=1S/C24H31N3O3S2/c1-14(24-9-15-6-16(10-24)8-17(7-15)11-24)25-22(28)18-2-4-19(5-3-18)26-23-27-20-12-32(29,30)13-21(20)31-23/h2-5,14-17,20-21H,6-13H2,1H3,(H,25,28)(H,26,27)/t14-,15?,16?,17?,20-,21-,24?/m0/s1. The normalized spacial score (nSPS) is 39.4. The zero-order valence-corrected chi connectivity index (χ0v) is 20.1. The van der Waals surface area contributed by atoms with E-state index in [0.29, 0.717) is 11.0 Å². The number of aliphatic imine (C=N–C) groups is 1. The molecule has 1 amide bonds. The largest absolute Gasteiger partial charge is 0.349 e. The highest BCUT2D eigenvalue weighted by Gasteiger charge is 2.53. The van der Waals surface area contributed by atoms with Gasteiger partial charge in [0.25, 0.3) is 5.91 Å². The lowest BCUT2D eigenvalue weighted by molar-refractivity contribution is -0.0688. The van der Waals surface area contributed by atoms with Crippen LogP contribution in [0.15, 0.2) is 29.3 Å². The Morgan fingerprint density at radius 1 is 1.06 bits per heavy atom. The van der Waals surface area contributed by atoms with E-state index in [4.69, 9.17) is 0 Å². The second kappa shape index (κ2) is 7.49. The molecular formula is C24H31N3O3S2. The molecule has 4 aliphatic carbocycles. The molecule has 172 valence electrons. The molecule has 2 heterocycles. The fraction of sp³-hybridized carbons (Fsp3) is 0.667. The minimum absolute atomic E-state index is 0.00659. The Labute approximate surface area is 194 Å². The van der Waals surface area contributed by atoms with Crippen molar-refractivity contribution < 1.29 is 13.2 Å². The van der Waals surface area contributed by atoms with E-state index >= 15 is 0 Å². The number of nitrogens with zero attached hydrogens (tertiary/aromatic N) is 1. The highest BCUT2D eigenvalue weighted by atomic mass is 32.2. The molecule has 32 heavy (non-hydrogen) atoms. The zero-order chi connectivity index (χ0) is 22.1. The number of anilines is 1. The Balaban J connectivity index is 1.08. The molecule has 0 aromatic heterocycles. The topological polar surface area (TPSA) is 87.6 Å². The van der Waals surface area contributed by atoms with Gasteiger partial charge in [-0.2, -0.15) is 0 Å². The van der Waals surface area contributed by atoms with Crippen LogP contribution in [0.25, 0.3) is 0 Å². The first kappa shape index (κ1) is 21.0. The smallest absolute Gasteiger partial charge is 0.251 e. The van der Waals surface area contributed by atoms with Crippen LogP contribution >= 0.6 is 11.8 Å². The summed E-state index contributed by atoms with van der Waals surface area (Å²) >= 11 is 1.50. The summed E-state index contributed by atoms with van der Waals surface area (Å²) in [7, 11) is -2.94. The van der Waals surface area contributed by atoms with Crippen LogP contribution in [0.2, 0.25) is 0 Å². The first-order valence-corrected chi connectivity index (χ1v) is 14.6. The molecule has 5 fully saturated rings. The number of rotatable bonds is 4. The molecule has 0 spiro atoms. The number of thioether (sulfide) groups is 1. The molecule has 2 N–H and O–H groups in total. The second-order valence-electron chi connectivity index (χ2n) is 10.9. The molecule has 6 aliphatic rings. The summed E-state index contributed by atoms with van der Waals surface area (Å²) in [4.78, 5) is 17.5. The third-order valence-electron chi connectivity index (χ3n) is 8.57. The van der Waals surface area contributed by atoms with Crippen LogP contribution in [0.5, 0.6) is 0 Å². The Morgan fingerprint density at radius 2 is 1.69 bits per heavy atom. The van der Waals surface area contributed by atoms with Gasteiger partial charge in [-0.1, -0.05) is 11.8 Å². The molecule has 1 aromatic rings. The predicted octanol–water partition coefficient (Wildman–Crippen LogP) is 3.70. The van der Waals surface area contributed by atoms with Gasteiger partial charge in [-0.25, -0.2) is 8.42 Å². The molecule has 4 saturated carbocycles. The van der Waals surface area contributed by atoms with E-state index in [1.807, 2.05) is 24.3 Å². The van der Waals surface area contributed by atoms with E-state index < -0.39 is 9.84 Å². The highest BCUT2D eigenvalue weighted by Crippen LogP contribution is 2.61. The van der Waals surface area contributed by atoms with E-state index in [0.717, 1.165) is 28.6 Å². The quantitative estimate of drug-likeness (QED) is 0.696. The van der Waals surface area contributed by atoms with Crippen LogP contribution in [0, 0.1) is 23.2 Å². The van der Waals surface area contributed by atoms with Gasteiger partial charge in [0.15, 0.2) is 15.0 Å². The molecule has 4 bridgehead atoms. The SMILES string of the molecule is C[C@H](NC(=O)c1ccc(NC2=N[C@H]3CS(=O)(=O)C[C@@H]3S2)cc1)C12CC3CC(CC(C3)C1)C2. The number of nitrogens with one attached hydrogen (secondary N) is 2. The third kappa shape index (κ3) is 3.77. The Morgan fingerprint density at radius 3 is 2.28 bits per heavy atom. The van der Waals surface area contributed by atoms with Crippen molar-refractivity contribution in [3.63, 3.8) is 0 Å². The van der Waals surface area contributed by atoms with E-state index in [9.17, 15) is 13.2 Å². The minimum Gasteiger partial charge on any atom is -0.349 e. The summed E-state index contributed by atoms with van der Waals surface area (Å²) in [5, 5.41) is 7.41. The maximum Gasteiger partial charge on any atom is 0.251 e. The first-order chi connectivity index (χ1) is 15.3. The predicted molar refractivity (Wildman–Crippen MR) is 129 cm³/mol. The van der Waals surface area contributed by atoms with Crippen molar-refractivity contribution in [3.8, 4) is 0 Å². The molecule has 1 saturated heterocycles. The van der Waals surface area contributed by atoms with Crippen LogP contribution in [-0.4, -0.2) is 48.3 Å². The number of amidine groups is 1. The number of sulfone groups is 1. The number of carbonyl (C=O) groups is 1. The average molecular weight is 474 g/mol. The number of amides is 1. The van der Waals surface area contributed by atoms with Crippen molar-refractivity contribution in [1.82, 2.24) is 5.32 Å². The van der Waals surface area contributed by atoms with E-state index in [2.05, 4.69) is 22.5 Å². The number of hydrogen-bond donors (Lipinski definition) is 2. The Bertz CT molecular complexity index is 1030. The van der Waals surface area contributed by atoms with Crippen molar-refractivity contribution >= 4 is 38.4 Å². The van der Waals surface area contributed by atoms with Crippen LogP contribution in [-0.2, 0) is 9.84 Å². The van der Waals surface area contributed by atoms with Crippen LogP contribution < -0.4 is 10.6 Å². The lowest BCUT2D eigenvalue weighted by Crippen LogP contribution is -2.55. The van der Waals surface area contributed by atoms with Gasteiger partial charge in [0.1, 0.15) is 0 Å². The van der Waals surface area contributed by atoms with E-state index in [-0.39, 0.29) is 34.7 Å². The molecule has 2 aliphatic heterocycles. The van der Waals surface area contributed by atoms with Gasteiger partial charge in [-0.3, -0.25) is 9.79 Å². The molecule has 0 radical (unpaired) electrons. The van der Waals surface area contributed by atoms with E-state index in [1.165, 1.54) is 50.3 Å². The van der Waals surface area contributed by atoms with Crippen molar-refractivity contribution in [3.05, 3.63) is 29.8 Å². The highest BCUT2D eigenvalue weighted by molar-refractivity contribution is 8.15. The first-order valence-electron chi connectivity index (χ1n) is 11.9. The summed E-state index contributed by atoms with van der Waals surface area (Å²) in [5.74, 6) is 2.99. The van der Waals surface area contributed by atoms with Gasteiger partial charge in [0, 0.05) is 22.5 Å². The molecule has 8 heteroatoms. The van der Waals surface area contributed by atoms with Crippen LogP contribution in [0.4, 0.5) is 5.69 Å². The van der Waals surface area contributed by atoms with Crippen molar-refractivity contribution in [2.45, 2.75) is 62.8 Å². The van der Waals surface area contributed by atoms with Crippen LogP contribution in [0.1, 0.15) is 55.8 Å². The van der Waals surface area contributed by atoms with Gasteiger partial charge in [0.05, 0.1) is 17.5 Å². The fourth-order valence-corrected chi connectivity index (χ4v) is 11.1. The molecular weight excluding hydrogens is 442 g/mol. The van der Waals surface area contributed by atoms with Gasteiger partial charge in [-0.15, -0.1) is 0 Å². The summed E-state index contributed by atoms with van der Waals surface area (Å²) in [6, 6.07) is 7.59. The summed E-state index contributed by atoms with van der Waals surface area (Å²) in [5.41, 5.74) is 1.84. The summed E-state index contributed by atoms with van der Waals surface area (Å²) in [6.07, 6.45) is 8.09. The molecule has 7 rings (SSSR count). The average Bonchev–Trinajstić information content (AvgIpc) is 3.19. The van der Waals surface area contributed by atoms with Gasteiger partial charge >= 0.3 is 0 Å². The maximum absolute atomic E-state index is 13.0. The Kier molecular flexibility index (Phi) is 4.92. The number of carbonyl (C=O) groups excluding carboxylic acids is 1. The van der Waals surface area contributed by atoms with Crippen LogP contribution in [0.3, 0.4) is 0 Å². The number of benzene rings is 1. The Hall–Kier alpha value is -1.54. The maximum atomic E-state index is 13.0. The molecule has 3 atom stereocenters. The van der Waals surface area contributed by atoms with Gasteiger partial charge < -0.3 is 10.6 Å². The van der Waals surface area contributed by atoms with E-state index in [1.54, 1.807) is 0 Å². The number of hydrogen-bond acceptors (Lipinski definition) is 6. The van der Waals surface area contributed by atoms with Crippen molar-refractivity contribution in [1.29, 1.82) is 0 Å². The monoisotopic (exact) mass is 473 g/mol. The third-order valence-corrected chi connectivity index (χ3v) is 11.7. The summed E-state index contributed by atoms with van der Waals surface area (Å²) in [6.45, 7) is 2.22. The number of fused-ring (bicyclic) bond motifs is 1. The summed E-state index contributed by atoms with van der Waals surface area (Å²) < 4.78 is 23.4. The van der Waals surface area contributed by atoms with Crippen molar-refractivity contribution in [2.24, 2.45) is 28.2 Å². The van der Waals surface area contributed by atoms with Gasteiger partial charge in [-0.05, 0) is 92.9 Å². The zero-order valence-electron chi connectivity index (χ0n) is 18.4. The molecule has 0 unspecified atom stereocenters. The molecule has 1 aromatic carbocycles. The molecule has 6 nitrogen and oxygen atoms in total.